The van der Waals surface area contributed by atoms with E-state index in [0.717, 1.165) is 22.2 Å². The maximum absolute atomic E-state index is 13.9. The van der Waals surface area contributed by atoms with Crippen LogP contribution in [0.25, 0.3) is 33.3 Å². The molecule has 0 aliphatic carbocycles. The van der Waals surface area contributed by atoms with E-state index in [-0.39, 0.29) is 12.4 Å². The van der Waals surface area contributed by atoms with Crippen molar-refractivity contribution >= 4 is 22.1 Å². The number of halogens is 1. The van der Waals surface area contributed by atoms with Gasteiger partial charge in [-0.2, -0.15) is 0 Å². The second-order valence-electron chi connectivity index (χ2n) is 6.37. The molecule has 0 atom stereocenters. The van der Waals surface area contributed by atoms with Crippen LogP contribution in [0.5, 0.6) is 0 Å². The monoisotopic (exact) mass is 359 g/mol. The van der Waals surface area contributed by atoms with Gasteiger partial charge in [0.05, 0.1) is 12.1 Å². The molecule has 6 heteroatoms. The molecule has 1 N–H and O–H groups in total. The lowest BCUT2D eigenvalue weighted by Gasteiger charge is -2.05. The maximum Gasteiger partial charge on any atom is 0.420 e. The van der Waals surface area contributed by atoms with Crippen LogP contribution in [-0.4, -0.2) is 14.5 Å². The molecular formula is C21H14FN3O2. The highest BCUT2D eigenvalue weighted by atomic mass is 19.1. The maximum atomic E-state index is 13.9. The van der Waals surface area contributed by atoms with Gasteiger partial charge < -0.3 is 9.40 Å². The van der Waals surface area contributed by atoms with Gasteiger partial charge in [-0.1, -0.05) is 24.3 Å². The van der Waals surface area contributed by atoms with Crippen molar-refractivity contribution in [2.45, 2.75) is 6.54 Å². The van der Waals surface area contributed by atoms with E-state index in [0.29, 0.717) is 16.7 Å². The van der Waals surface area contributed by atoms with Crippen molar-refractivity contribution in [2.24, 2.45) is 0 Å². The minimum absolute atomic E-state index is 0.120. The van der Waals surface area contributed by atoms with Crippen molar-refractivity contribution in [3.63, 3.8) is 0 Å². The highest BCUT2D eigenvalue weighted by molar-refractivity contribution is 5.85. The van der Waals surface area contributed by atoms with Crippen LogP contribution in [0, 0.1) is 5.82 Å². The summed E-state index contributed by atoms with van der Waals surface area (Å²) in [6, 6.07) is 15.9. The van der Waals surface area contributed by atoms with Crippen molar-refractivity contribution < 1.29 is 8.81 Å². The molecule has 0 fully saturated rings. The Hall–Kier alpha value is -3.67. The Kier molecular flexibility index (Phi) is 3.43. The van der Waals surface area contributed by atoms with Crippen molar-refractivity contribution in [1.82, 2.24) is 14.5 Å². The number of nitrogens with one attached hydrogen (secondary N) is 1. The molecule has 2 aromatic carbocycles. The number of rotatable bonds is 3. The molecule has 0 spiro atoms. The predicted molar refractivity (Wildman–Crippen MR) is 101 cm³/mol. The number of H-pyrrole nitrogens is 1. The third-order valence-corrected chi connectivity index (χ3v) is 4.69. The first-order chi connectivity index (χ1) is 13.2. The summed E-state index contributed by atoms with van der Waals surface area (Å²) < 4.78 is 20.8. The normalized spacial score (nSPS) is 11.4. The number of aromatic amines is 1. The number of nitrogens with zero attached hydrogens (tertiary/aromatic N) is 2. The summed E-state index contributed by atoms with van der Waals surface area (Å²) in [5.74, 6) is -0.856. The molecule has 0 aliphatic heterocycles. The summed E-state index contributed by atoms with van der Waals surface area (Å²) >= 11 is 0. The lowest BCUT2D eigenvalue weighted by atomic mass is 10.1. The molecule has 0 saturated carbocycles. The topological polar surface area (TPSA) is 63.8 Å². The van der Waals surface area contributed by atoms with Gasteiger partial charge >= 0.3 is 5.76 Å². The Morgan fingerprint density at radius 1 is 1.07 bits per heavy atom. The Morgan fingerprint density at radius 3 is 2.85 bits per heavy atom. The fourth-order valence-corrected chi connectivity index (χ4v) is 3.29. The summed E-state index contributed by atoms with van der Waals surface area (Å²) in [5.41, 5.74) is 4.17. The number of fused-ring (bicyclic) bond motifs is 2. The fourth-order valence-electron chi connectivity index (χ4n) is 3.29. The molecule has 5 nitrogen and oxygen atoms in total. The van der Waals surface area contributed by atoms with Crippen molar-refractivity contribution in [3.8, 4) is 11.1 Å². The highest BCUT2D eigenvalue weighted by Gasteiger charge is 2.13. The van der Waals surface area contributed by atoms with Gasteiger partial charge in [-0.15, -0.1) is 0 Å². The molecule has 0 bridgehead atoms. The molecule has 0 amide bonds. The van der Waals surface area contributed by atoms with E-state index in [1.807, 2.05) is 36.5 Å². The lowest BCUT2D eigenvalue weighted by Crippen LogP contribution is -2.15. The zero-order valence-electron chi connectivity index (χ0n) is 14.1. The lowest BCUT2D eigenvalue weighted by molar-refractivity contribution is 0.512. The van der Waals surface area contributed by atoms with E-state index in [9.17, 15) is 9.18 Å². The average molecular weight is 359 g/mol. The van der Waals surface area contributed by atoms with E-state index in [1.54, 1.807) is 24.4 Å². The Morgan fingerprint density at radius 2 is 1.96 bits per heavy atom. The van der Waals surface area contributed by atoms with Crippen LogP contribution in [0.4, 0.5) is 4.39 Å². The van der Waals surface area contributed by atoms with Gasteiger partial charge in [-0.05, 0) is 35.9 Å². The number of aromatic nitrogens is 3. The van der Waals surface area contributed by atoms with Crippen LogP contribution in [-0.2, 0) is 6.54 Å². The number of benzene rings is 2. The molecule has 27 heavy (non-hydrogen) atoms. The number of oxazole rings is 1. The van der Waals surface area contributed by atoms with E-state index in [2.05, 4.69) is 9.97 Å². The molecule has 5 rings (SSSR count). The third kappa shape index (κ3) is 2.62. The van der Waals surface area contributed by atoms with E-state index in [4.69, 9.17) is 4.42 Å². The first-order valence-electron chi connectivity index (χ1n) is 8.49. The third-order valence-electron chi connectivity index (χ3n) is 4.69. The molecule has 3 heterocycles. The molecule has 0 radical (unpaired) electrons. The first-order valence-corrected chi connectivity index (χ1v) is 8.49. The second-order valence-corrected chi connectivity index (χ2v) is 6.37. The Bertz CT molecular complexity index is 1350. The molecular weight excluding hydrogens is 345 g/mol. The number of pyridine rings is 1. The van der Waals surface area contributed by atoms with E-state index in [1.165, 1.54) is 10.6 Å². The minimum Gasteiger partial charge on any atom is -0.408 e. The molecule has 3 aromatic heterocycles. The van der Waals surface area contributed by atoms with Crippen molar-refractivity contribution in [3.05, 3.63) is 88.9 Å². The van der Waals surface area contributed by atoms with Gasteiger partial charge in [0.25, 0.3) is 0 Å². The van der Waals surface area contributed by atoms with Crippen molar-refractivity contribution in [1.29, 1.82) is 0 Å². The summed E-state index contributed by atoms with van der Waals surface area (Å²) in [6.45, 7) is 0.120. The fraction of sp³-hybridized carbons (Fsp3) is 0.0476. The zero-order valence-corrected chi connectivity index (χ0v) is 14.1. The minimum atomic E-state index is -0.510. The molecule has 0 unspecified atom stereocenters. The number of hydrogen-bond acceptors (Lipinski definition) is 3. The SMILES string of the molecule is O=c1oc2cc(-c3cnc4[nH]ccc4c3)ccc2n1Cc1ccccc1F. The molecule has 5 aromatic rings. The standard InChI is InChI=1S/C21H14FN3O2/c22-17-4-2-1-3-15(17)12-25-18-6-5-13(10-19(18)27-21(25)26)16-9-14-7-8-23-20(14)24-11-16/h1-11H,12H2,(H,23,24). The predicted octanol–water partition coefficient (Wildman–Crippen LogP) is 4.33. The number of hydrogen-bond donors (Lipinski definition) is 1. The van der Waals surface area contributed by atoms with Crippen LogP contribution in [0.2, 0.25) is 0 Å². The first kappa shape index (κ1) is 15.6. The molecule has 0 aliphatic rings. The highest BCUT2D eigenvalue weighted by Crippen LogP contribution is 2.26. The average Bonchev–Trinajstić information content (AvgIpc) is 3.26. The van der Waals surface area contributed by atoms with Gasteiger partial charge in [0.15, 0.2) is 5.58 Å². The summed E-state index contributed by atoms with van der Waals surface area (Å²) in [4.78, 5) is 19.8. The van der Waals surface area contributed by atoms with Gasteiger partial charge in [0.2, 0.25) is 0 Å². The van der Waals surface area contributed by atoms with Gasteiger partial charge in [0, 0.05) is 28.9 Å². The Balaban J connectivity index is 1.59. The van der Waals surface area contributed by atoms with Crippen LogP contribution in [0.15, 0.2) is 76.2 Å². The quantitative estimate of drug-likeness (QED) is 0.522. The molecule has 132 valence electrons. The van der Waals surface area contributed by atoms with E-state index >= 15 is 0 Å². The van der Waals surface area contributed by atoms with Crippen LogP contribution in [0.3, 0.4) is 0 Å². The largest absolute Gasteiger partial charge is 0.420 e. The van der Waals surface area contributed by atoms with Gasteiger partial charge in [0.1, 0.15) is 11.5 Å². The zero-order chi connectivity index (χ0) is 18.4. The van der Waals surface area contributed by atoms with Crippen molar-refractivity contribution in [2.75, 3.05) is 0 Å². The molecule has 0 saturated heterocycles. The second kappa shape index (κ2) is 5.95. The Labute approximate surface area is 152 Å². The van der Waals surface area contributed by atoms with Crippen LogP contribution >= 0.6 is 0 Å². The van der Waals surface area contributed by atoms with Crippen LogP contribution < -0.4 is 5.76 Å². The summed E-state index contributed by atoms with van der Waals surface area (Å²) in [7, 11) is 0. The van der Waals surface area contributed by atoms with Gasteiger partial charge in [-0.25, -0.2) is 14.2 Å². The van der Waals surface area contributed by atoms with Crippen LogP contribution in [0.1, 0.15) is 5.56 Å². The summed E-state index contributed by atoms with van der Waals surface area (Å²) in [5, 5.41) is 1.01. The van der Waals surface area contributed by atoms with E-state index < -0.39 is 5.76 Å². The van der Waals surface area contributed by atoms with Gasteiger partial charge in [-0.3, -0.25) is 4.57 Å². The summed E-state index contributed by atoms with van der Waals surface area (Å²) in [6.07, 6.45) is 3.61. The smallest absolute Gasteiger partial charge is 0.408 e.